The fraction of sp³-hybridized carbons (Fsp3) is 0.364. The van der Waals surface area contributed by atoms with E-state index in [1.807, 2.05) is 13.8 Å². The van der Waals surface area contributed by atoms with Crippen LogP contribution in [0.5, 0.6) is 0 Å². The average Bonchev–Trinajstić information content (AvgIpc) is 2.18. The molecule has 1 N–H and O–H groups in total. The van der Waals surface area contributed by atoms with Crippen LogP contribution in [-0.2, 0) is 6.18 Å². The summed E-state index contributed by atoms with van der Waals surface area (Å²) in [5, 5.41) is 8.58. The van der Waals surface area contributed by atoms with Gasteiger partial charge in [0.05, 0.1) is 11.1 Å². The number of rotatable bonds is 1. The van der Waals surface area contributed by atoms with Gasteiger partial charge in [-0.15, -0.1) is 0 Å². The molecule has 0 radical (unpaired) electrons. The molecule has 0 aliphatic rings. The number of aryl methyl sites for hydroxylation is 1. The van der Waals surface area contributed by atoms with Gasteiger partial charge in [-0.05, 0) is 30.7 Å². The SMILES string of the molecule is CC.Cc1cc(C(F)(F)F)ccc1C(=O)O. The molecule has 90 valence electrons. The fourth-order valence-corrected chi connectivity index (χ4v) is 1.08. The molecular weight excluding hydrogens is 221 g/mol. The second-order valence-electron chi connectivity index (χ2n) is 2.83. The predicted octanol–water partition coefficient (Wildman–Crippen LogP) is 3.74. The lowest BCUT2D eigenvalue weighted by atomic mass is 10.1. The van der Waals surface area contributed by atoms with Gasteiger partial charge in [-0.2, -0.15) is 13.2 Å². The summed E-state index contributed by atoms with van der Waals surface area (Å²) in [6.07, 6.45) is -4.43. The summed E-state index contributed by atoms with van der Waals surface area (Å²) in [5.74, 6) is -1.23. The maximum absolute atomic E-state index is 12.2. The Labute approximate surface area is 91.7 Å². The first-order valence-corrected chi connectivity index (χ1v) is 4.73. The largest absolute Gasteiger partial charge is 0.478 e. The number of halogens is 3. The van der Waals surface area contributed by atoms with Crippen LogP contribution in [0, 0.1) is 6.92 Å². The quantitative estimate of drug-likeness (QED) is 0.803. The topological polar surface area (TPSA) is 37.3 Å². The molecule has 5 heteroatoms. The van der Waals surface area contributed by atoms with Crippen molar-refractivity contribution in [1.29, 1.82) is 0 Å². The van der Waals surface area contributed by atoms with Crippen molar-refractivity contribution in [3.63, 3.8) is 0 Å². The average molecular weight is 234 g/mol. The minimum atomic E-state index is -4.43. The van der Waals surface area contributed by atoms with Crippen LogP contribution >= 0.6 is 0 Å². The van der Waals surface area contributed by atoms with Crippen molar-refractivity contribution in [3.8, 4) is 0 Å². The molecule has 0 saturated heterocycles. The molecule has 0 atom stereocenters. The number of carbonyl (C=O) groups is 1. The first kappa shape index (κ1) is 14.5. The summed E-state index contributed by atoms with van der Waals surface area (Å²) in [4.78, 5) is 10.5. The Morgan fingerprint density at radius 2 is 1.75 bits per heavy atom. The second-order valence-corrected chi connectivity index (χ2v) is 2.83. The predicted molar refractivity (Wildman–Crippen MR) is 54.5 cm³/mol. The molecule has 1 rings (SSSR count). The van der Waals surface area contributed by atoms with E-state index in [2.05, 4.69) is 0 Å². The van der Waals surface area contributed by atoms with E-state index in [1.54, 1.807) is 0 Å². The zero-order valence-corrected chi connectivity index (χ0v) is 9.22. The van der Waals surface area contributed by atoms with Gasteiger partial charge in [0, 0.05) is 0 Å². The maximum atomic E-state index is 12.2. The minimum absolute atomic E-state index is 0.104. The van der Waals surface area contributed by atoms with Gasteiger partial charge in [0.15, 0.2) is 0 Å². The molecule has 0 unspecified atom stereocenters. The molecule has 1 aromatic carbocycles. The van der Waals surface area contributed by atoms with Crippen molar-refractivity contribution in [3.05, 3.63) is 34.9 Å². The summed E-state index contributed by atoms with van der Waals surface area (Å²) in [6.45, 7) is 5.33. The third kappa shape index (κ3) is 3.56. The summed E-state index contributed by atoms with van der Waals surface area (Å²) < 4.78 is 36.5. The van der Waals surface area contributed by atoms with Crippen molar-refractivity contribution in [1.82, 2.24) is 0 Å². The molecule has 0 amide bonds. The molecule has 0 aliphatic heterocycles. The Hall–Kier alpha value is -1.52. The molecule has 16 heavy (non-hydrogen) atoms. The molecule has 0 aromatic heterocycles. The Balaban J connectivity index is 0.00000106. The third-order valence-corrected chi connectivity index (χ3v) is 1.78. The lowest BCUT2D eigenvalue weighted by molar-refractivity contribution is -0.137. The molecule has 0 spiro atoms. The number of benzene rings is 1. The van der Waals surface area contributed by atoms with E-state index in [4.69, 9.17) is 5.11 Å². The van der Waals surface area contributed by atoms with Crippen LogP contribution in [0.1, 0.15) is 35.3 Å². The van der Waals surface area contributed by atoms with Crippen LogP contribution < -0.4 is 0 Å². The van der Waals surface area contributed by atoms with E-state index in [-0.39, 0.29) is 11.1 Å². The van der Waals surface area contributed by atoms with Crippen LogP contribution in [-0.4, -0.2) is 11.1 Å². The highest BCUT2D eigenvalue weighted by molar-refractivity contribution is 5.89. The lowest BCUT2D eigenvalue weighted by Crippen LogP contribution is -2.07. The highest BCUT2D eigenvalue weighted by Crippen LogP contribution is 2.30. The van der Waals surface area contributed by atoms with Gasteiger partial charge in [0.25, 0.3) is 0 Å². The van der Waals surface area contributed by atoms with Gasteiger partial charge >= 0.3 is 12.1 Å². The number of carboxylic acid groups (broad SMARTS) is 1. The highest BCUT2D eigenvalue weighted by Gasteiger charge is 2.30. The van der Waals surface area contributed by atoms with Crippen LogP contribution in [0.4, 0.5) is 13.2 Å². The van der Waals surface area contributed by atoms with Crippen LogP contribution in [0.2, 0.25) is 0 Å². The molecule has 1 aromatic rings. The zero-order chi connectivity index (χ0) is 12.9. The number of alkyl halides is 3. The third-order valence-electron chi connectivity index (χ3n) is 1.78. The molecule has 0 bridgehead atoms. The number of carboxylic acids is 1. The molecule has 0 aliphatic carbocycles. The number of aromatic carboxylic acids is 1. The van der Waals surface area contributed by atoms with E-state index in [0.29, 0.717) is 0 Å². The van der Waals surface area contributed by atoms with Gasteiger partial charge in [0.2, 0.25) is 0 Å². The van der Waals surface area contributed by atoms with Crippen molar-refractivity contribution < 1.29 is 23.1 Å². The van der Waals surface area contributed by atoms with Gasteiger partial charge in [-0.25, -0.2) is 4.79 Å². The second kappa shape index (κ2) is 5.53. The van der Waals surface area contributed by atoms with E-state index in [9.17, 15) is 18.0 Å². The standard InChI is InChI=1S/C9H7F3O2.C2H6/c1-5-4-6(9(10,11)12)2-3-7(5)8(13)14;1-2/h2-4H,1H3,(H,13,14);1-2H3. The van der Waals surface area contributed by atoms with Crippen molar-refractivity contribution >= 4 is 5.97 Å². The highest BCUT2D eigenvalue weighted by atomic mass is 19.4. The zero-order valence-electron chi connectivity index (χ0n) is 9.22. The van der Waals surface area contributed by atoms with Gasteiger partial charge < -0.3 is 5.11 Å². The Bertz CT molecular complexity index is 370. The molecule has 0 saturated carbocycles. The fourth-order valence-electron chi connectivity index (χ4n) is 1.08. The maximum Gasteiger partial charge on any atom is 0.416 e. The van der Waals surface area contributed by atoms with E-state index in [1.165, 1.54) is 6.92 Å². The summed E-state index contributed by atoms with van der Waals surface area (Å²) in [7, 11) is 0. The van der Waals surface area contributed by atoms with Crippen LogP contribution in [0.25, 0.3) is 0 Å². The van der Waals surface area contributed by atoms with Crippen molar-refractivity contribution in [2.24, 2.45) is 0 Å². The number of hydrogen-bond donors (Lipinski definition) is 1. The normalized spacial score (nSPS) is 10.4. The van der Waals surface area contributed by atoms with Crippen molar-refractivity contribution in [2.75, 3.05) is 0 Å². The van der Waals surface area contributed by atoms with Gasteiger partial charge in [-0.1, -0.05) is 13.8 Å². The summed E-state index contributed by atoms with van der Waals surface area (Å²) in [6, 6.07) is 2.54. The first-order chi connectivity index (χ1) is 7.32. The molecule has 0 heterocycles. The summed E-state index contributed by atoms with van der Waals surface area (Å²) in [5.41, 5.74) is -0.842. The molecule has 2 nitrogen and oxygen atoms in total. The van der Waals surface area contributed by atoms with E-state index >= 15 is 0 Å². The molecule has 0 fully saturated rings. The van der Waals surface area contributed by atoms with Crippen molar-refractivity contribution in [2.45, 2.75) is 26.9 Å². The lowest BCUT2D eigenvalue weighted by Gasteiger charge is -2.08. The summed E-state index contributed by atoms with van der Waals surface area (Å²) >= 11 is 0. The smallest absolute Gasteiger partial charge is 0.416 e. The van der Waals surface area contributed by atoms with E-state index in [0.717, 1.165) is 18.2 Å². The monoisotopic (exact) mass is 234 g/mol. The first-order valence-electron chi connectivity index (χ1n) is 4.73. The Morgan fingerprint density at radius 1 is 1.25 bits per heavy atom. The van der Waals surface area contributed by atoms with Crippen LogP contribution in [0.3, 0.4) is 0 Å². The molecular formula is C11H13F3O2. The van der Waals surface area contributed by atoms with Gasteiger partial charge in [-0.3, -0.25) is 0 Å². The number of hydrogen-bond acceptors (Lipinski definition) is 1. The minimum Gasteiger partial charge on any atom is -0.478 e. The van der Waals surface area contributed by atoms with Crippen LogP contribution in [0.15, 0.2) is 18.2 Å². The Kier molecular flexibility index (Phi) is 5.01. The Morgan fingerprint density at radius 3 is 2.06 bits per heavy atom. The van der Waals surface area contributed by atoms with Gasteiger partial charge in [0.1, 0.15) is 0 Å². The van der Waals surface area contributed by atoms with E-state index < -0.39 is 17.7 Å².